The molecule has 2 atom stereocenters. The lowest BCUT2D eigenvalue weighted by molar-refractivity contribution is -1.03. The van der Waals surface area contributed by atoms with Gasteiger partial charge in [-0.15, -0.1) is 22.6 Å². The smallest absolute Gasteiger partial charge is 0.198 e. The van der Waals surface area contributed by atoms with Crippen LogP contribution in [0.3, 0.4) is 0 Å². The van der Waals surface area contributed by atoms with Crippen molar-refractivity contribution in [3.63, 3.8) is 0 Å². The summed E-state index contributed by atoms with van der Waals surface area (Å²) in [5, 5.41) is 5.55. The number of rotatable bonds is 17. The molecule has 1 aromatic heterocycles. The van der Waals surface area contributed by atoms with Gasteiger partial charge in [-0.05, 0) is 101 Å². The van der Waals surface area contributed by atoms with Gasteiger partial charge in [-0.1, -0.05) is 162 Å². The van der Waals surface area contributed by atoms with Gasteiger partial charge in [-0.2, -0.15) is 0 Å². The third kappa shape index (κ3) is 7.70. The maximum atomic E-state index is 7.33. The van der Waals surface area contributed by atoms with Crippen molar-refractivity contribution in [2.24, 2.45) is 5.92 Å². The Balaban J connectivity index is 1.52. The minimum Gasteiger partial charge on any atom is -0.315 e. The van der Waals surface area contributed by atoms with Crippen LogP contribution >= 0.6 is 11.3 Å². The van der Waals surface area contributed by atoms with Crippen molar-refractivity contribution < 1.29 is 9.48 Å². The molecule has 2 aliphatic carbocycles. The highest BCUT2D eigenvalue weighted by molar-refractivity contribution is 7.20. The Kier molecular flexibility index (Phi) is 12.1. The lowest BCUT2D eigenvalue weighted by atomic mass is 9.70. The summed E-state index contributed by atoms with van der Waals surface area (Å²) in [4.78, 5) is 8.68. The summed E-state index contributed by atoms with van der Waals surface area (Å²) in [6, 6.07) is 33.2. The predicted molar refractivity (Wildman–Crippen MR) is 251 cm³/mol. The van der Waals surface area contributed by atoms with Crippen LogP contribution in [-0.4, -0.2) is 33.9 Å². The molecule has 0 saturated heterocycles. The Morgan fingerprint density at radius 3 is 2.02 bits per heavy atom. The van der Waals surface area contributed by atoms with E-state index >= 15 is 0 Å². The monoisotopic (exact) mass is 792 g/mol. The first-order valence-corrected chi connectivity index (χ1v) is 24.7. The van der Waals surface area contributed by atoms with E-state index in [1.54, 1.807) is 5.56 Å². The fourth-order valence-corrected chi connectivity index (χ4v) is 16.5. The lowest BCUT2D eigenvalue weighted by Crippen LogP contribution is -2.61. The Morgan fingerprint density at radius 1 is 0.737 bits per heavy atom. The molecule has 0 spiro atoms. The van der Waals surface area contributed by atoms with E-state index in [1.165, 1.54) is 133 Å². The quantitative estimate of drug-likeness (QED) is 0.0394. The first kappa shape index (κ1) is 41.2. The molecule has 5 aromatic rings. The van der Waals surface area contributed by atoms with E-state index in [0.717, 1.165) is 5.75 Å². The molecule has 0 radical (unpaired) electrons. The summed E-state index contributed by atoms with van der Waals surface area (Å²) in [6.45, 7) is 18.6. The molecule has 2 aliphatic rings. The third-order valence-electron chi connectivity index (χ3n) is 12.7. The van der Waals surface area contributed by atoms with Crippen molar-refractivity contribution >= 4 is 41.1 Å². The molecular weight excluding hydrogens is 727 g/mol. The Labute approximate surface area is 349 Å². The van der Waals surface area contributed by atoms with Gasteiger partial charge in [0.05, 0.1) is 0 Å². The molecule has 0 saturated carbocycles. The molecule has 0 aliphatic heterocycles. The summed E-state index contributed by atoms with van der Waals surface area (Å²) in [6.07, 6.45) is 15.1. The Bertz CT molecular complexity index is 2370. The van der Waals surface area contributed by atoms with Crippen LogP contribution in [0, 0.1) is 26.7 Å². The number of thiophene rings is 1. The van der Waals surface area contributed by atoms with Crippen molar-refractivity contribution in [2.45, 2.75) is 111 Å². The highest BCUT2D eigenvalue weighted by Gasteiger charge is 2.47. The van der Waals surface area contributed by atoms with Gasteiger partial charge in [0.2, 0.25) is 0 Å². The van der Waals surface area contributed by atoms with E-state index < -0.39 is 8.07 Å². The van der Waals surface area contributed by atoms with Crippen molar-refractivity contribution in [1.82, 2.24) is 0 Å². The minimum atomic E-state index is -2.86. The number of hydroxylamine groups is 3. The minimum absolute atomic E-state index is 0.00397. The van der Waals surface area contributed by atoms with Gasteiger partial charge in [0.15, 0.2) is 13.8 Å². The molecule has 0 N–H and O–H groups in total. The van der Waals surface area contributed by atoms with Gasteiger partial charge in [0, 0.05) is 25.6 Å². The standard InChI is InChI=1S/C53H66NOSSi/c1-11-14-16-21-29-53(30-22-17-15-12-2)47-32-37(4)25-27-44(47)45-28-26-41(36-48(45)53)46-31-38(5)33-49(50(46)55-54(8,9)10)57(13-3,43-23-19-18-20-24-43)52-39(6)34-42-35-40(7)56-51(42)52/h13,18-20,23-28,31-36,39H,3,11-12,14-17,21-22,29-30H2,1-2,4-10H3/q+1/t39-,57-/m1/s1. The number of hydrogen-bond donors (Lipinski definition) is 0. The van der Waals surface area contributed by atoms with Crippen LogP contribution in [-0.2, 0) is 5.41 Å². The van der Waals surface area contributed by atoms with Crippen LogP contribution in [0.15, 0.2) is 97.2 Å². The summed E-state index contributed by atoms with van der Waals surface area (Å²) >= 11 is 1.94. The largest absolute Gasteiger partial charge is 0.315 e. The number of fused-ring (bicyclic) bond motifs is 4. The number of unbranched alkanes of at least 4 members (excludes halogenated alkanes) is 6. The van der Waals surface area contributed by atoms with Crippen molar-refractivity contribution in [3.8, 4) is 28.0 Å². The zero-order valence-corrected chi connectivity index (χ0v) is 38.2. The average Bonchev–Trinajstić information content (AvgIpc) is 3.78. The average molecular weight is 793 g/mol. The highest BCUT2D eigenvalue weighted by Crippen LogP contribution is 2.55. The molecule has 0 amide bonds. The summed E-state index contributed by atoms with van der Waals surface area (Å²) in [5.74, 6) is 1.29. The number of benzene rings is 4. The molecule has 4 aromatic carbocycles. The zero-order valence-electron chi connectivity index (χ0n) is 36.4. The Hall–Kier alpha value is -3.96. The van der Waals surface area contributed by atoms with Gasteiger partial charge >= 0.3 is 0 Å². The lowest BCUT2D eigenvalue weighted by Gasteiger charge is -2.37. The molecule has 0 bridgehead atoms. The number of quaternary nitrogens is 1. The second-order valence-electron chi connectivity index (χ2n) is 18.1. The third-order valence-corrected chi connectivity index (χ3v) is 18.7. The van der Waals surface area contributed by atoms with Crippen molar-refractivity contribution in [1.29, 1.82) is 0 Å². The SMILES string of the molecule is C=C[Si@@](C1=c2sc(C)cc2=C[C@H]1C)(c1ccccc1)c1cc(C)cc(-c2ccc3c(c2)C(CCCCCC)(CCCCCC)c2cc(C)ccc2-3)c1O[N+](C)(C)C. The second kappa shape index (κ2) is 16.7. The first-order valence-electron chi connectivity index (χ1n) is 21.8. The van der Waals surface area contributed by atoms with Gasteiger partial charge in [0.1, 0.15) is 21.1 Å². The van der Waals surface area contributed by atoms with Gasteiger partial charge < -0.3 is 4.84 Å². The van der Waals surface area contributed by atoms with Gasteiger partial charge in [-0.25, -0.2) is 0 Å². The van der Waals surface area contributed by atoms with Gasteiger partial charge in [-0.3, -0.25) is 0 Å². The number of aryl methyl sites for hydroxylation is 3. The predicted octanol–water partition coefficient (Wildman–Crippen LogP) is 11.7. The van der Waals surface area contributed by atoms with Crippen LogP contribution < -0.4 is 25.0 Å². The van der Waals surface area contributed by atoms with Gasteiger partial charge in [0.25, 0.3) is 0 Å². The van der Waals surface area contributed by atoms with Crippen LogP contribution in [0.5, 0.6) is 5.75 Å². The fraction of sp³-hybridized carbons (Fsp3) is 0.396. The first-order chi connectivity index (χ1) is 27.4. The maximum absolute atomic E-state index is 7.33. The number of hydrogen-bond acceptors (Lipinski definition) is 2. The van der Waals surface area contributed by atoms with E-state index in [0.29, 0.717) is 10.6 Å². The molecule has 4 heteroatoms. The molecule has 2 nitrogen and oxygen atoms in total. The number of nitrogens with zero attached hydrogens (tertiary/aromatic N) is 1. The zero-order chi connectivity index (χ0) is 40.5. The molecule has 57 heavy (non-hydrogen) atoms. The van der Waals surface area contributed by atoms with E-state index in [1.807, 2.05) is 11.3 Å². The van der Waals surface area contributed by atoms with Crippen LogP contribution in [0.1, 0.15) is 112 Å². The normalized spacial score (nSPS) is 16.4. The summed E-state index contributed by atoms with van der Waals surface area (Å²) < 4.78 is 1.78. The molecule has 7 rings (SSSR count). The van der Waals surface area contributed by atoms with Crippen molar-refractivity contribution in [2.75, 3.05) is 21.1 Å². The van der Waals surface area contributed by atoms with E-state index in [-0.39, 0.29) is 5.41 Å². The second-order valence-corrected chi connectivity index (χ2v) is 23.0. The Morgan fingerprint density at radius 2 is 1.39 bits per heavy atom. The van der Waals surface area contributed by atoms with Crippen LogP contribution in [0.2, 0.25) is 0 Å². The summed E-state index contributed by atoms with van der Waals surface area (Å²) in [5.41, 5.74) is 13.4. The molecule has 0 fully saturated rings. The van der Waals surface area contributed by atoms with E-state index in [4.69, 9.17) is 11.4 Å². The maximum Gasteiger partial charge on any atom is 0.198 e. The topological polar surface area (TPSA) is 9.23 Å². The molecule has 1 heterocycles. The van der Waals surface area contributed by atoms with Crippen LogP contribution in [0.4, 0.5) is 0 Å². The fourth-order valence-electron chi connectivity index (χ4n) is 10.3. The molecular formula is C53H66NOSSi+. The van der Waals surface area contributed by atoms with Crippen LogP contribution in [0.25, 0.3) is 33.5 Å². The molecule has 0 unspecified atom stereocenters. The molecule has 298 valence electrons. The highest BCUT2D eigenvalue weighted by atomic mass is 32.1. The van der Waals surface area contributed by atoms with E-state index in [2.05, 4.69) is 159 Å². The summed E-state index contributed by atoms with van der Waals surface area (Å²) in [7, 11) is 3.57. The van der Waals surface area contributed by atoms with E-state index in [9.17, 15) is 0 Å². The van der Waals surface area contributed by atoms with Crippen molar-refractivity contribution in [3.05, 3.63) is 134 Å².